The first-order valence-corrected chi connectivity index (χ1v) is 7.25. The molecule has 0 spiro atoms. The summed E-state index contributed by atoms with van der Waals surface area (Å²) in [6, 6.07) is 7.27. The van der Waals surface area contributed by atoms with Crippen molar-refractivity contribution in [1.82, 2.24) is 14.5 Å². The number of aryl methyl sites for hydroxylation is 1. The third-order valence-electron chi connectivity index (χ3n) is 3.37. The summed E-state index contributed by atoms with van der Waals surface area (Å²) in [5.41, 5.74) is 3.28. The number of nitrogens with zero attached hydrogens (tertiary/aromatic N) is 3. The maximum absolute atomic E-state index is 9.17. The third kappa shape index (κ3) is 2.50. The summed E-state index contributed by atoms with van der Waals surface area (Å²) >= 11 is 12.2. The van der Waals surface area contributed by atoms with Crippen LogP contribution in [0.4, 0.5) is 0 Å². The number of imidazole rings is 1. The molecule has 0 fully saturated rings. The van der Waals surface area contributed by atoms with Crippen molar-refractivity contribution in [2.24, 2.45) is 0 Å². The molecule has 0 unspecified atom stereocenters. The molecule has 1 aromatic carbocycles. The van der Waals surface area contributed by atoms with Crippen molar-refractivity contribution in [3.63, 3.8) is 0 Å². The first kappa shape index (κ1) is 14.3. The number of aromatic nitrogens is 3. The Morgan fingerprint density at radius 3 is 2.71 bits per heavy atom. The highest BCUT2D eigenvalue weighted by Gasteiger charge is 2.15. The summed E-state index contributed by atoms with van der Waals surface area (Å²) in [6.07, 6.45) is 1.72. The molecule has 2 heterocycles. The molecule has 0 atom stereocenters. The fourth-order valence-electron chi connectivity index (χ4n) is 2.42. The number of hydrogen-bond acceptors (Lipinski definition) is 3. The van der Waals surface area contributed by atoms with Crippen LogP contribution < -0.4 is 0 Å². The second kappa shape index (κ2) is 5.64. The van der Waals surface area contributed by atoms with E-state index in [4.69, 9.17) is 23.2 Å². The molecular formula is C15H13Cl2N3O. The van der Waals surface area contributed by atoms with Gasteiger partial charge in [0, 0.05) is 33.9 Å². The Labute approximate surface area is 132 Å². The van der Waals surface area contributed by atoms with Crippen LogP contribution in [0.5, 0.6) is 0 Å². The molecule has 0 aliphatic carbocycles. The zero-order valence-corrected chi connectivity index (χ0v) is 12.9. The predicted octanol–water partition coefficient (Wildman–Crippen LogP) is 3.71. The van der Waals surface area contributed by atoms with E-state index < -0.39 is 0 Å². The predicted molar refractivity (Wildman–Crippen MR) is 84.8 cm³/mol. The average molecular weight is 322 g/mol. The van der Waals surface area contributed by atoms with Gasteiger partial charge >= 0.3 is 0 Å². The molecule has 6 heteroatoms. The summed E-state index contributed by atoms with van der Waals surface area (Å²) in [7, 11) is 0. The molecule has 0 saturated heterocycles. The topological polar surface area (TPSA) is 50.9 Å². The van der Waals surface area contributed by atoms with Gasteiger partial charge in [-0.1, -0.05) is 29.3 Å². The van der Waals surface area contributed by atoms with Crippen molar-refractivity contribution in [1.29, 1.82) is 0 Å². The minimum Gasteiger partial charge on any atom is -0.395 e. The lowest BCUT2D eigenvalue weighted by Crippen LogP contribution is -2.04. The lowest BCUT2D eigenvalue weighted by Gasteiger charge is -2.06. The Hall–Kier alpha value is -1.62. The van der Waals surface area contributed by atoms with Crippen LogP contribution in [0.1, 0.15) is 5.82 Å². The van der Waals surface area contributed by atoms with E-state index >= 15 is 0 Å². The number of benzene rings is 1. The van der Waals surface area contributed by atoms with Crippen LogP contribution >= 0.6 is 23.2 Å². The van der Waals surface area contributed by atoms with Gasteiger partial charge < -0.3 is 9.67 Å². The lowest BCUT2D eigenvalue weighted by molar-refractivity contribution is 0.276. The van der Waals surface area contributed by atoms with Gasteiger partial charge in [0.15, 0.2) is 5.65 Å². The first-order chi connectivity index (χ1) is 10.1. The van der Waals surface area contributed by atoms with Gasteiger partial charge in [-0.2, -0.15) is 0 Å². The molecule has 3 rings (SSSR count). The van der Waals surface area contributed by atoms with Gasteiger partial charge in [-0.25, -0.2) is 9.97 Å². The Morgan fingerprint density at radius 1 is 1.19 bits per heavy atom. The fourth-order valence-corrected chi connectivity index (χ4v) is 2.93. The highest BCUT2D eigenvalue weighted by molar-refractivity contribution is 6.36. The minimum absolute atomic E-state index is 0.0416. The van der Waals surface area contributed by atoms with E-state index in [1.807, 2.05) is 23.6 Å². The summed E-state index contributed by atoms with van der Waals surface area (Å²) in [5, 5.41) is 10.3. The monoisotopic (exact) mass is 321 g/mol. The van der Waals surface area contributed by atoms with Crippen LogP contribution in [-0.2, 0) is 6.54 Å². The number of hydrogen-bond donors (Lipinski definition) is 1. The minimum atomic E-state index is 0.0416. The van der Waals surface area contributed by atoms with Crippen LogP contribution in [0.2, 0.25) is 10.0 Å². The summed E-state index contributed by atoms with van der Waals surface area (Å²) in [4.78, 5) is 8.94. The number of pyridine rings is 1. The van der Waals surface area contributed by atoms with E-state index in [1.54, 1.807) is 18.3 Å². The molecule has 0 bridgehead atoms. The molecule has 0 saturated carbocycles. The molecule has 0 radical (unpaired) electrons. The van der Waals surface area contributed by atoms with Gasteiger partial charge in [0.1, 0.15) is 11.3 Å². The largest absolute Gasteiger partial charge is 0.395 e. The van der Waals surface area contributed by atoms with Gasteiger partial charge in [0.2, 0.25) is 0 Å². The maximum atomic E-state index is 9.17. The Kier molecular flexibility index (Phi) is 3.85. The van der Waals surface area contributed by atoms with Crippen molar-refractivity contribution >= 4 is 34.4 Å². The molecule has 4 nitrogen and oxygen atoms in total. The molecule has 3 aromatic rings. The number of aliphatic hydroxyl groups excluding tert-OH is 1. The van der Waals surface area contributed by atoms with E-state index in [9.17, 15) is 5.11 Å². The number of halogens is 2. The average Bonchev–Trinajstić information content (AvgIpc) is 2.76. The van der Waals surface area contributed by atoms with Gasteiger partial charge in [0.25, 0.3) is 0 Å². The zero-order valence-electron chi connectivity index (χ0n) is 11.3. The van der Waals surface area contributed by atoms with E-state index in [-0.39, 0.29) is 6.61 Å². The lowest BCUT2D eigenvalue weighted by atomic mass is 10.1. The standard InChI is InChI=1S/C15H13Cl2N3O/c1-9-19-14-12(11-3-2-10(16)8-13(11)17)4-5-18-15(14)20(9)6-7-21/h2-5,8,21H,6-7H2,1H3. The molecular weight excluding hydrogens is 309 g/mol. The second-order valence-corrected chi connectivity index (χ2v) is 5.53. The van der Waals surface area contributed by atoms with Crippen molar-refractivity contribution in [3.8, 4) is 11.1 Å². The third-order valence-corrected chi connectivity index (χ3v) is 3.92. The molecule has 1 N–H and O–H groups in total. The van der Waals surface area contributed by atoms with Crippen LogP contribution in [0.25, 0.3) is 22.3 Å². The van der Waals surface area contributed by atoms with Crippen molar-refractivity contribution < 1.29 is 5.11 Å². The SMILES string of the molecule is Cc1nc2c(-c3ccc(Cl)cc3Cl)ccnc2n1CCO. The van der Waals surface area contributed by atoms with Gasteiger partial charge in [-0.3, -0.25) is 0 Å². The van der Waals surface area contributed by atoms with Gasteiger partial charge in [0.05, 0.1) is 6.61 Å². The first-order valence-electron chi connectivity index (χ1n) is 6.50. The quantitative estimate of drug-likeness (QED) is 0.800. The van der Waals surface area contributed by atoms with Crippen molar-refractivity contribution in [2.75, 3.05) is 6.61 Å². The molecule has 0 aliphatic heterocycles. The number of fused-ring (bicyclic) bond motifs is 1. The number of rotatable bonds is 3. The summed E-state index contributed by atoms with van der Waals surface area (Å²) in [5.74, 6) is 0.809. The van der Waals surface area contributed by atoms with E-state index in [0.717, 1.165) is 28.1 Å². The van der Waals surface area contributed by atoms with Crippen molar-refractivity contribution in [2.45, 2.75) is 13.5 Å². The van der Waals surface area contributed by atoms with Crippen molar-refractivity contribution in [3.05, 3.63) is 46.3 Å². The smallest absolute Gasteiger partial charge is 0.160 e. The normalized spacial score (nSPS) is 11.2. The van der Waals surface area contributed by atoms with Crippen LogP contribution in [0.15, 0.2) is 30.5 Å². The molecule has 0 amide bonds. The summed E-state index contributed by atoms with van der Waals surface area (Å²) < 4.78 is 1.89. The highest BCUT2D eigenvalue weighted by atomic mass is 35.5. The van der Waals surface area contributed by atoms with E-state index in [1.165, 1.54) is 0 Å². The highest BCUT2D eigenvalue weighted by Crippen LogP contribution is 2.34. The number of aliphatic hydroxyl groups is 1. The van der Waals surface area contributed by atoms with E-state index in [2.05, 4.69) is 9.97 Å². The van der Waals surface area contributed by atoms with Crippen LogP contribution in [-0.4, -0.2) is 26.2 Å². The zero-order chi connectivity index (χ0) is 15.0. The molecule has 21 heavy (non-hydrogen) atoms. The summed E-state index contributed by atoms with van der Waals surface area (Å²) in [6.45, 7) is 2.40. The van der Waals surface area contributed by atoms with Crippen LogP contribution in [0, 0.1) is 6.92 Å². The van der Waals surface area contributed by atoms with Gasteiger partial charge in [-0.05, 0) is 25.1 Å². The Morgan fingerprint density at radius 2 is 2.00 bits per heavy atom. The Bertz CT molecular complexity index is 814. The Balaban J connectivity index is 2.26. The molecule has 2 aromatic heterocycles. The molecule has 108 valence electrons. The fraction of sp³-hybridized carbons (Fsp3) is 0.200. The second-order valence-electron chi connectivity index (χ2n) is 4.69. The van der Waals surface area contributed by atoms with Crippen LogP contribution in [0.3, 0.4) is 0 Å². The van der Waals surface area contributed by atoms with Gasteiger partial charge in [-0.15, -0.1) is 0 Å². The van der Waals surface area contributed by atoms with E-state index in [0.29, 0.717) is 16.6 Å². The molecule has 0 aliphatic rings. The maximum Gasteiger partial charge on any atom is 0.160 e.